The van der Waals surface area contributed by atoms with Gasteiger partial charge >= 0.3 is 5.97 Å². The molecular formula is C17H14N4O4. The molecular weight excluding hydrogens is 324 g/mol. The highest BCUT2D eigenvalue weighted by molar-refractivity contribution is 6.21. The number of aromatic hydroxyl groups is 1. The summed E-state index contributed by atoms with van der Waals surface area (Å²) in [5.41, 5.74) is 1.31. The van der Waals surface area contributed by atoms with E-state index in [1.807, 2.05) is 12.1 Å². The first kappa shape index (κ1) is 16.3. The van der Waals surface area contributed by atoms with Crippen molar-refractivity contribution >= 4 is 35.5 Å². The van der Waals surface area contributed by atoms with Gasteiger partial charge in [-0.15, -0.1) is 0 Å². The van der Waals surface area contributed by atoms with Crippen molar-refractivity contribution in [2.75, 3.05) is 18.5 Å². The van der Waals surface area contributed by atoms with E-state index in [0.29, 0.717) is 11.4 Å². The van der Waals surface area contributed by atoms with Crippen LogP contribution < -0.4 is 5.32 Å². The zero-order valence-corrected chi connectivity index (χ0v) is 13.3. The van der Waals surface area contributed by atoms with Crippen LogP contribution in [0.4, 0.5) is 11.7 Å². The minimum absolute atomic E-state index is 0.0225. The number of carbonyl (C=O) groups excluding carboxylic acids is 1. The Morgan fingerprint density at radius 2 is 2.40 bits per heavy atom. The van der Waals surface area contributed by atoms with E-state index in [1.165, 1.54) is 0 Å². The largest absolute Gasteiger partial charge is 0.504 e. The molecule has 1 aliphatic heterocycles. The topological polar surface area (TPSA) is 121 Å². The van der Waals surface area contributed by atoms with Gasteiger partial charge in [-0.1, -0.05) is 0 Å². The van der Waals surface area contributed by atoms with Crippen LogP contribution in [-0.2, 0) is 4.74 Å². The summed E-state index contributed by atoms with van der Waals surface area (Å²) in [6.07, 6.45) is 4.77. The van der Waals surface area contributed by atoms with Crippen molar-refractivity contribution in [1.82, 2.24) is 4.98 Å². The number of nitrogens with one attached hydrogen (secondary N) is 1. The minimum Gasteiger partial charge on any atom is -0.504 e. The molecule has 0 aromatic carbocycles. The molecule has 0 saturated heterocycles. The Bertz CT molecular complexity index is 921. The molecule has 8 nitrogen and oxygen atoms in total. The summed E-state index contributed by atoms with van der Waals surface area (Å²) in [7, 11) is 0. The molecule has 0 bridgehead atoms. The molecule has 0 fully saturated rings. The normalized spacial score (nSPS) is 13.5. The molecule has 8 heteroatoms. The molecule has 3 heterocycles. The van der Waals surface area contributed by atoms with Crippen LogP contribution in [0.25, 0.3) is 11.6 Å². The third-order valence-electron chi connectivity index (χ3n) is 3.43. The highest BCUT2D eigenvalue weighted by Gasteiger charge is 2.26. The van der Waals surface area contributed by atoms with Crippen LogP contribution in [0.3, 0.4) is 0 Å². The van der Waals surface area contributed by atoms with Crippen LogP contribution in [0, 0.1) is 11.3 Å². The Hall–Kier alpha value is -3.60. The molecule has 0 atom stereocenters. The SMILES string of the molecule is CCOC(=O)c1c(NCC#N)oc(C=C2C=Nc3ncccc32)c1O. The molecule has 2 N–H and O–H groups in total. The number of esters is 1. The Labute approximate surface area is 143 Å². The number of nitriles is 1. The number of pyridine rings is 1. The molecule has 0 unspecified atom stereocenters. The fourth-order valence-corrected chi connectivity index (χ4v) is 2.36. The van der Waals surface area contributed by atoms with Crippen molar-refractivity contribution in [3.63, 3.8) is 0 Å². The second-order valence-electron chi connectivity index (χ2n) is 4.98. The predicted molar refractivity (Wildman–Crippen MR) is 90.7 cm³/mol. The minimum atomic E-state index is -0.740. The molecule has 0 spiro atoms. The van der Waals surface area contributed by atoms with Crippen molar-refractivity contribution in [2.24, 2.45) is 4.99 Å². The summed E-state index contributed by atoms with van der Waals surface area (Å²) in [6, 6.07) is 5.49. The first-order chi connectivity index (χ1) is 12.2. The molecule has 126 valence electrons. The fourth-order valence-electron chi connectivity index (χ4n) is 2.36. The van der Waals surface area contributed by atoms with Gasteiger partial charge in [0.15, 0.2) is 22.9 Å². The van der Waals surface area contributed by atoms with Crippen LogP contribution in [0.1, 0.15) is 28.6 Å². The third kappa shape index (κ3) is 3.07. The van der Waals surface area contributed by atoms with E-state index in [4.69, 9.17) is 14.4 Å². The number of aromatic nitrogens is 1. The smallest absolute Gasteiger partial charge is 0.347 e. The van der Waals surface area contributed by atoms with E-state index in [2.05, 4.69) is 15.3 Å². The second kappa shape index (κ2) is 6.88. The molecule has 0 aliphatic carbocycles. The van der Waals surface area contributed by atoms with E-state index in [1.54, 1.807) is 31.5 Å². The highest BCUT2D eigenvalue weighted by Crippen LogP contribution is 2.38. The first-order valence-electron chi connectivity index (χ1n) is 7.50. The Balaban J connectivity index is 2.03. The molecule has 2 aromatic heterocycles. The van der Waals surface area contributed by atoms with Crippen LogP contribution in [0.2, 0.25) is 0 Å². The molecule has 0 radical (unpaired) electrons. The van der Waals surface area contributed by atoms with Crippen molar-refractivity contribution in [3.8, 4) is 11.8 Å². The number of anilines is 1. The van der Waals surface area contributed by atoms with E-state index in [-0.39, 0.29) is 36.1 Å². The van der Waals surface area contributed by atoms with Crippen LogP contribution >= 0.6 is 0 Å². The van der Waals surface area contributed by atoms with Crippen LogP contribution in [0.15, 0.2) is 27.7 Å². The second-order valence-corrected chi connectivity index (χ2v) is 4.98. The van der Waals surface area contributed by atoms with Gasteiger partial charge in [-0.2, -0.15) is 5.26 Å². The molecule has 0 amide bonds. The lowest BCUT2D eigenvalue weighted by Gasteiger charge is -2.02. The number of ether oxygens (including phenoxy) is 1. The van der Waals surface area contributed by atoms with Gasteiger partial charge in [0, 0.05) is 23.5 Å². The molecule has 3 rings (SSSR count). The molecule has 2 aromatic rings. The number of rotatable bonds is 5. The molecule has 25 heavy (non-hydrogen) atoms. The average Bonchev–Trinajstić information content (AvgIpc) is 3.15. The monoisotopic (exact) mass is 338 g/mol. The number of nitrogens with zero attached hydrogens (tertiary/aromatic N) is 3. The highest BCUT2D eigenvalue weighted by atomic mass is 16.5. The average molecular weight is 338 g/mol. The number of allylic oxidation sites excluding steroid dienone is 1. The summed E-state index contributed by atoms with van der Waals surface area (Å²) >= 11 is 0. The van der Waals surface area contributed by atoms with Gasteiger partial charge in [0.2, 0.25) is 5.88 Å². The number of carbonyl (C=O) groups is 1. The lowest BCUT2D eigenvalue weighted by atomic mass is 10.1. The van der Waals surface area contributed by atoms with Gasteiger partial charge in [-0.25, -0.2) is 14.8 Å². The van der Waals surface area contributed by atoms with Gasteiger partial charge in [0.1, 0.15) is 6.54 Å². The standard InChI is InChI=1S/C17H14N4O4/c1-2-24-17(23)13-14(22)12(25-16(13)20-7-5-18)8-10-9-21-15-11(10)4-3-6-19-15/h3-4,6,8-9,20,22H,2,7H2,1H3. The maximum absolute atomic E-state index is 12.1. The number of furan rings is 1. The van der Waals surface area contributed by atoms with Crippen LogP contribution in [0.5, 0.6) is 5.75 Å². The van der Waals surface area contributed by atoms with Gasteiger partial charge in [-0.05, 0) is 25.1 Å². The first-order valence-corrected chi connectivity index (χ1v) is 7.50. The Morgan fingerprint density at radius 3 is 3.16 bits per heavy atom. The molecule has 1 aliphatic rings. The summed E-state index contributed by atoms with van der Waals surface area (Å²) < 4.78 is 10.5. The van der Waals surface area contributed by atoms with Crippen molar-refractivity contribution in [3.05, 3.63) is 35.2 Å². The molecule has 0 saturated carbocycles. The zero-order chi connectivity index (χ0) is 17.8. The third-order valence-corrected chi connectivity index (χ3v) is 3.43. The lowest BCUT2D eigenvalue weighted by molar-refractivity contribution is 0.0524. The summed E-state index contributed by atoms with van der Waals surface area (Å²) in [6.45, 7) is 1.70. The maximum atomic E-state index is 12.1. The summed E-state index contributed by atoms with van der Waals surface area (Å²) in [4.78, 5) is 20.4. The zero-order valence-electron chi connectivity index (χ0n) is 13.3. The fraction of sp³-hybridized carbons (Fsp3) is 0.176. The Morgan fingerprint density at radius 1 is 1.56 bits per heavy atom. The van der Waals surface area contributed by atoms with Gasteiger partial charge in [-0.3, -0.25) is 0 Å². The van der Waals surface area contributed by atoms with Crippen molar-refractivity contribution in [2.45, 2.75) is 6.92 Å². The number of fused-ring (bicyclic) bond motifs is 1. The van der Waals surface area contributed by atoms with Crippen molar-refractivity contribution in [1.29, 1.82) is 5.26 Å². The van der Waals surface area contributed by atoms with Crippen LogP contribution in [-0.4, -0.2) is 35.4 Å². The van der Waals surface area contributed by atoms with E-state index in [0.717, 1.165) is 5.56 Å². The number of hydrogen-bond acceptors (Lipinski definition) is 8. The number of aliphatic imine (C=N–C) groups is 1. The Kier molecular flexibility index (Phi) is 4.48. The van der Waals surface area contributed by atoms with Crippen molar-refractivity contribution < 1.29 is 19.1 Å². The predicted octanol–water partition coefficient (Wildman–Crippen LogP) is 2.75. The maximum Gasteiger partial charge on any atom is 0.347 e. The van der Waals surface area contributed by atoms with Gasteiger partial charge in [0.25, 0.3) is 0 Å². The lowest BCUT2D eigenvalue weighted by Crippen LogP contribution is -2.08. The summed E-state index contributed by atoms with van der Waals surface area (Å²) in [5.74, 6) is -0.506. The van der Waals surface area contributed by atoms with E-state index < -0.39 is 5.97 Å². The van der Waals surface area contributed by atoms with Gasteiger partial charge < -0.3 is 19.6 Å². The van der Waals surface area contributed by atoms with Gasteiger partial charge in [0.05, 0.1) is 12.7 Å². The van der Waals surface area contributed by atoms with E-state index >= 15 is 0 Å². The number of hydrogen-bond donors (Lipinski definition) is 2. The van der Waals surface area contributed by atoms with E-state index in [9.17, 15) is 9.90 Å². The quantitative estimate of drug-likeness (QED) is 0.635. The summed E-state index contributed by atoms with van der Waals surface area (Å²) in [5, 5.41) is 21.7.